The van der Waals surface area contributed by atoms with Gasteiger partial charge in [-0.2, -0.15) is 0 Å². The van der Waals surface area contributed by atoms with Gasteiger partial charge in [-0.15, -0.1) is 0 Å². The average Bonchev–Trinajstić information content (AvgIpc) is 3.29. The predicted molar refractivity (Wildman–Crippen MR) is 74.8 cm³/mol. The van der Waals surface area contributed by atoms with Crippen LogP contribution in [0.1, 0.15) is 31.2 Å². The van der Waals surface area contributed by atoms with E-state index in [-0.39, 0.29) is 0 Å². The molecule has 0 aliphatic heterocycles. The molecule has 0 aromatic heterocycles. The van der Waals surface area contributed by atoms with E-state index in [2.05, 4.69) is 0 Å². The molecule has 3 rings (SSSR count). The van der Waals surface area contributed by atoms with Gasteiger partial charge in [-0.05, 0) is 43.7 Å². The van der Waals surface area contributed by atoms with Gasteiger partial charge in [0.1, 0.15) is 0 Å². The maximum atomic E-state index is 11.6. The zero-order chi connectivity index (χ0) is 14.3. The molecule has 0 spiro atoms. The molecule has 2 aliphatic rings. The fourth-order valence-electron chi connectivity index (χ4n) is 2.47. The number of carbonyl (C=O) groups is 1. The normalized spacial score (nSPS) is 19.5. The third-order valence-electron chi connectivity index (χ3n) is 4.09. The number of hydrogen-bond acceptors (Lipinski definition) is 3. The number of halogens is 1. The lowest BCUT2D eigenvalue weighted by Crippen LogP contribution is -2.21. The molecule has 4 nitrogen and oxygen atoms in total. The Kier molecular flexibility index (Phi) is 3.28. The van der Waals surface area contributed by atoms with Crippen molar-refractivity contribution >= 4 is 17.6 Å². The Morgan fingerprint density at radius 3 is 2.65 bits per heavy atom. The minimum Gasteiger partial charge on any atom is -0.493 e. The van der Waals surface area contributed by atoms with E-state index in [1.165, 1.54) is 12.8 Å². The molecular formula is C15H17ClO4. The summed E-state index contributed by atoms with van der Waals surface area (Å²) in [5, 5.41) is 9.95. The number of carboxylic acid groups (broad SMARTS) is 1. The van der Waals surface area contributed by atoms with Crippen LogP contribution in [0.15, 0.2) is 12.1 Å². The number of carboxylic acids is 1. The van der Waals surface area contributed by atoms with Gasteiger partial charge < -0.3 is 14.6 Å². The summed E-state index contributed by atoms with van der Waals surface area (Å²) in [6.45, 7) is 0.597. The number of benzene rings is 1. The molecule has 0 heterocycles. The van der Waals surface area contributed by atoms with E-state index in [9.17, 15) is 9.90 Å². The van der Waals surface area contributed by atoms with Gasteiger partial charge in [-0.3, -0.25) is 4.79 Å². The van der Waals surface area contributed by atoms with E-state index in [1.807, 2.05) is 0 Å². The van der Waals surface area contributed by atoms with E-state index in [0.29, 0.717) is 47.5 Å². The van der Waals surface area contributed by atoms with Crippen LogP contribution in [0.3, 0.4) is 0 Å². The van der Waals surface area contributed by atoms with E-state index in [1.54, 1.807) is 19.2 Å². The quantitative estimate of drug-likeness (QED) is 0.875. The van der Waals surface area contributed by atoms with Crippen LogP contribution >= 0.6 is 11.6 Å². The number of rotatable bonds is 6. The van der Waals surface area contributed by atoms with Gasteiger partial charge in [-0.25, -0.2) is 0 Å². The zero-order valence-electron chi connectivity index (χ0n) is 11.3. The van der Waals surface area contributed by atoms with Crippen LogP contribution in [0, 0.1) is 5.92 Å². The summed E-state index contributed by atoms with van der Waals surface area (Å²) in [5.74, 6) is 0.791. The highest BCUT2D eigenvalue weighted by Crippen LogP contribution is 2.56. The highest BCUT2D eigenvalue weighted by atomic mass is 35.5. The van der Waals surface area contributed by atoms with Gasteiger partial charge in [0, 0.05) is 10.6 Å². The summed E-state index contributed by atoms with van der Waals surface area (Å²) < 4.78 is 11.2. The molecule has 0 radical (unpaired) electrons. The molecule has 1 aromatic rings. The second-order valence-electron chi connectivity index (χ2n) is 5.60. The predicted octanol–water partition coefficient (Wildman–Crippen LogP) is 3.25. The van der Waals surface area contributed by atoms with Crippen LogP contribution in [-0.2, 0) is 10.2 Å². The topological polar surface area (TPSA) is 55.8 Å². The molecule has 108 valence electrons. The molecule has 0 atom stereocenters. The lowest BCUT2D eigenvalue weighted by Gasteiger charge is -2.20. The van der Waals surface area contributed by atoms with E-state index < -0.39 is 11.4 Å². The van der Waals surface area contributed by atoms with E-state index in [0.717, 1.165) is 0 Å². The van der Waals surface area contributed by atoms with Gasteiger partial charge in [0.05, 0.1) is 19.1 Å². The van der Waals surface area contributed by atoms with Crippen molar-refractivity contribution in [1.29, 1.82) is 0 Å². The van der Waals surface area contributed by atoms with E-state index >= 15 is 0 Å². The third kappa shape index (κ3) is 2.22. The van der Waals surface area contributed by atoms with Crippen molar-refractivity contribution in [2.24, 2.45) is 5.92 Å². The Balaban J connectivity index is 2.03. The van der Waals surface area contributed by atoms with Crippen molar-refractivity contribution in [2.45, 2.75) is 31.1 Å². The molecule has 1 aromatic carbocycles. The number of methoxy groups -OCH3 is 1. The van der Waals surface area contributed by atoms with Crippen LogP contribution < -0.4 is 9.47 Å². The minimum atomic E-state index is -0.898. The van der Waals surface area contributed by atoms with Crippen molar-refractivity contribution < 1.29 is 19.4 Å². The first kappa shape index (κ1) is 13.6. The molecule has 20 heavy (non-hydrogen) atoms. The van der Waals surface area contributed by atoms with Crippen LogP contribution in [-0.4, -0.2) is 24.8 Å². The average molecular weight is 297 g/mol. The zero-order valence-corrected chi connectivity index (χ0v) is 12.1. The molecular weight excluding hydrogens is 280 g/mol. The van der Waals surface area contributed by atoms with Gasteiger partial charge in [0.2, 0.25) is 0 Å². The van der Waals surface area contributed by atoms with Crippen LogP contribution in [0.4, 0.5) is 0 Å². The molecule has 2 fully saturated rings. The highest BCUT2D eigenvalue weighted by molar-refractivity contribution is 6.32. The van der Waals surface area contributed by atoms with Crippen molar-refractivity contribution in [3.63, 3.8) is 0 Å². The van der Waals surface area contributed by atoms with Gasteiger partial charge in [-0.1, -0.05) is 11.6 Å². The summed E-state index contributed by atoms with van der Waals surface area (Å²) in [7, 11) is 1.55. The van der Waals surface area contributed by atoms with Gasteiger partial charge >= 0.3 is 5.97 Å². The fraction of sp³-hybridized carbons (Fsp3) is 0.533. The van der Waals surface area contributed by atoms with Gasteiger partial charge in [0.15, 0.2) is 11.5 Å². The first-order chi connectivity index (χ1) is 9.58. The molecule has 0 bridgehead atoms. The Labute approximate surface area is 122 Å². The Hall–Kier alpha value is -1.42. The van der Waals surface area contributed by atoms with E-state index in [4.69, 9.17) is 21.1 Å². The fourth-order valence-corrected chi connectivity index (χ4v) is 2.80. The summed E-state index contributed by atoms with van der Waals surface area (Å²) >= 11 is 6.26. The summed E-state index contributed by atoms with van der Waals surface area (Å²) in [6.07, 6.45) is 3.52. The lowest BCUT2D eigenvalue weighted by molar-refractivity contribution is -0.140. The third-order valence-corrected chi connectivity index (χ3v) is 4.40. The summed E-state index contributed by atoms with van der Waals surface area (Å²) in [6, 6.07) is 3.41. The largest absolute Gasteiger partial charge is 0.493 e. The van der Waals surface area contributed by atoms with Crippen LogP contribution in [0.25, 0.3) is 0 Å². The smallest absolute Gasteiger partial charge is 0.314 e. The summed E-state index contributed by atoms with van der Waals surface area (Å²) in [5.41, 5.74) is -0.323. The molecule has 0 saturated heterocycles. The summed E-state index contributed by atoms with van der Waals surface area (Å²) in [4.78, 5) is 11.6. The Morgan fingerprint density at radius 2 is 2.15 bits per heavy atom. The maximum Gasteiger partial charge on any atom is 0.314 e. The van der Waals surface area contributed by atoms with Crippen LogP contribution in [0.2, 0.25) is 5.02 Å². The molecule has 5 heteroatoms. The maximum absolute atomic E-state index is 11.6. The van der Waals surface area contributed by atoms with Gasteiger partial charge in [0.25, 0.3) is 0 Å². The number of hydrogen-bond donors (Lipinski definition) is 1. The highest BCUT2D eigenvalue weighted by Gasteiger charge is 2.55. The van der Waals surface area contributed by atoms with Crippen LogP contribution in [0.5, 0.6) is 11.5 Å². The Morgan fingerprint density at radius 1 is 1.45 bits per heavy atom. The number of aliphatic carboxylic acids is 1. The minimum absolute atomic E-state index is 0.441. The Bertz CT molecular complexity index is 547. The standard InChI is InChI=1S/C15H17ClO4/c1-19-11-5-4-10(16)12(15(6-7-15)14(17)18)13(11)20-8-9-2-3-9/h4-5,9H,2-3,6-8H2,1H3,(H,17,18). The SMILES string of the molecule is COc1ccc(Cl)c(C2(C(=O)O)CC2)c1OCC1CC1. The van der Waals surface area contributed by atoms with Crippen molar-refractivity contribution in [3.8, 4) is 11.5 Å². The molecule has 0 unspecified atom stereocenters. The molecule has 1 N–H and O–H groups in total. The second kappa shape index (κ2) is 4.85. The van der Waals surface area contributed by atoms with Crippen molar-refractivity contribution in [1.82, 2.24) is 0 Å². The lowest BCUT2D eigenvalue weighted by atomic mass is 9.94. The molecule has 0 amide bonds. The first-order valence-electron chi connectivity index (χ1n) is 6.81. The first-order valence-corrected chi connectivity index (χ1v) is 7.19. The van der Waals surface area contributed by atoms with Crippen molar-refractivity contribution in [2.75, 3.05) is 13.7 Å². The molecule has 2 saturated carbocycles. The monoisotopic (exact) mass is 296 g/mol. The second-order valence-corrected chi connectivity index (χ2v) is 6.00. The number of ether oxygens (including phenoxy) is 2. The molecule has 2 aliphatic carbocycles. The van der Waals surface area contributed by atoms with Crippen molar-refractivity contribution in [3.05, 3.63) is 22.7 Å².